The first-order valence-electron chi connectivity index (χ1n) is 6.48. The van der Waals surface area contributed by atoms with Crippen LogP contribution in [0.2, 0.25) is 0 Å². The van der Waals surface area contributed by atoms with Crippen LogP contribution in [-0.2, 0) is 0 Å². The van der Waals surface area contributed by atoms with Crippen LogP contribution < -0.4 is 15.8 Å². The summed E-state index contributed by atoms with van der Waals surface area (Å²) in [5, 5.41) is 2.84. The standard InChI is InChI=1S/C15H19N3O2/c1-9(2)20-12-4-5-13(10(3)6-12)18-15(19)14-7-11(16)8-17-14/h4-9,17H,16H2,1-3H3,(H,18,19). The Morgan fingerprint density at radius 3 is 2.65 bits per heavy atom. The Kier molecular flexibility index (Phi) is 3.98. The van der Waals surface area contributed by atoms with Crippen molar-refractivity contribution in [1.82, 2.24) is 4.98 Å². The summed E-state index contributed by atoms with van der Waals surface area (Å²) < 4.78 is 5.61. The second-order valence-corrected chi connectivity index (χ2v) is 4.94. The first kappa shape index (κ1) is 14.0. The zero-order chi connectivity index (χ0) is 14.7. The fourth-order valence-corrected chi connectivity index (χ4v) is 1.85. The molecule has 0 unspecified atom stereocenters. The lowest BCUT2D eigenvalue weighted by atomic mass is 10.2. The van der Waals surface area contributed by atoms with Crippen molar-refractivity contribution in [2.45, 2.75) is 26.9 Å². The Balaban J connectivity index is 2.11. The van der Waals surface area contributed by atoms with Crippen molar-refractivity contribution in [3.8, 4) is 5.75 Å². The van der Waals surface area contributed by atoms with Crippen LogP contribution in [0.1, 0.15) is 29.9 Å². The lowest BCUT2D eigenvalue weighted by Gasteiger charge is -2.13. The molecule has 1 aromatic heterocycles. The monoisotopic (exact) mass is 273 g/mol. The molecule has 0 atom stereocenters. The van der Waals surface area contributed by atoms with Gasteiger partial charge in [0.2, 0.25) is 0 Å². The molecule has 0 spiro atoms. The van der Waals surface area contributed by atoms with Gasteiger partial charge in [-0.15, -0.1) is 0 Å². The molecular formula is C15H19N3O2. The van der Waals surface area contributed by atoms with Crippen LogP contribution >= 0.6 is 0 Å². The van der Waals surface area contributed by atoms with Gasteiger partial charge in [0.05, 0.1) is 6.10 Å². The van der Waals surface area contributed by atoms with Gasteiger partial charge in [-0.2, -0.15) is 0 Å². The van der Waals surface area contributed by atoms with E-state index >= 15 is 0 Å². The van der Waals surface area contributed by atoms with Crippen LogP contribution in [0.4, 0.5) is 11.4 Å². The minimum absolute atomic E-state index is 0.122. The molecule has 0 fully saturated rings. The summed E-state index contributed by atoms with van der Waals surface area (Å²) in [5.41, 5.74) is 8.24. The molecular weight excluding hydrogens is 254 g/mol. The molecule has 4 N–H and O–H groups in total. The van der Waals surface area contributed by atoms with E-state index in [0.717, 1.165) is 17.0 Å². The third kappa shape index (κ3) is 3.32. The van der Waals surface area contributed by atoms with Crippen molar-refractivity contribution in [3.05, 3.63) is 41.7 Å². The van der Waals surface area contributed by atoms with Crippen LogP contribution in [0.25, 0.3) is 0 Å². The van der Waals surface area contributed by atoms with Crippen LogP contribution in [0, 0.1) is 6.92 Å². The van der Waals surface area contributed by atoms with Crippen LogP contribution in [0.15, 0.2) is 30.5 Å². The molecule has 2 rings (SSSR count). The Morgan fingerprint density at radius 2 is 2.10 bits per heavy atom. The molecule has 20 heavy (non-hydrogen) atoms. The van der Waals surface area contributed by atoms with Crippen molar-refractivity contribution >= 4 is 17.3 Å². The number of aryl methyl sites for hydroxylation is 1. The number of nitrogens with one attached hydrogen (secondary N) is 2. The fraction of sp³-hybridized carbons (Fsp3) is 0.267. The highest BCUT2D eigenvalue weighted by Crippen LogP contribution is 2.22. The van der Waals surface area contributed by atoms with Crippen molar-refractivity contribution in [1.29, 1.82) is 0 Å². The topological polar surface area (TPSA) is 80.1 Å². The summed E-state index contributed by atoms with van der Waals surface area (Å²) in [6, 6.07) is 7.17. The number of anilines is 2. The third-order valence-electron chi connectivity index (χ3n) is 2.77. The number of hydrogen-bond acceptors (Lipinski definition) is 3. The van der Waals surface area contributed by atoms with E-state index in [1.807, 2.05) is 39.0 Å². The number of carbonyl (C=O) groups excluding carboxylic acids is 1. The highest BCUT2D eigenvalue weighted by Gasteiger charge is 2.10. The summed E-state index contributed by atoms with van der Waals surface area (Å²) in [6.45, 7) is 5.87. The van der Waals surface area contributed by atoms with Gasteiger partial charge in [0.1, 0.15) is 11.4 Å². The first-order valence-corrected chi connectivity index (χ1v) is 6.48. The molecule has 0 saturated heterocycles. The van der Waals surface area contributed by atoms with Crippen molar-refractivity contribution in [2.75, 3.05) is 11.1 Å². The summed E-state index contributed by atoms with van der Waals surface area (Å²) in [4.78, 5) is 14.8. The van der Waals surface area contributed by atoms with Crippen molar-refractivity contribution in [2.24, 2.45) is 0 Å². The SMILES string of the molecule is Cc1cc(OC(C)C)ccc1NC(=O)c1cc(N)c[nH]1. The Bertz CT molecular complexity index is 617. The number of carbonyl (C=O) groups is 1. The molecule has 5 heteroatoms. The lowest BCUT2D eigenvalue weighted by molar-refractivity contribution is 0.102. The van der Waals surface area contributed by atoms with E-state index in [2.05, 4.69) is 10.3 Å². The smallest absolute Gasteiger partial charge is 0.272 e. The highest BCUT2D eigenvalue weighted by atomic mass is 16.5. The van der Waals surface area contributed by atoms with E-state index in [1.54, 1.807) is 12.3 Å². The van der Waals surface area contributed by atoms with Gasteiger partial charge in [0.15, 0.2) is 0 Å². The van der Waals surface area contributed by atoms with Gasteiger partial charge in [-0.05, 0) is 50.6 Å². The van der Waals surface area contributed by atoms with Crippen molar-refractivity contribution < 1.29 is 9.53 Å². The third-order valence-corrected chi connectivity index (χ3v) is 2.77. The maximum absolute atomic E-state index is 12.0. The average Bonchev–Trinajstić information content (AvgIpc) is 2.78. The molecule has 2 aromatic rings. The minimum Gasteiger partial charge on any atom is -0.491 e. The predicted octanol–water partition coefficient (Wildman–Crippen LogP) is 2.94. The normalized spacial score (nSPS) is 10.6. The molecule has 1 amide bonds. The second-order valence-electron chi connectivity index (χ2n) is 4.94. The molecule has 0 aliphatic carbocycles. The van der Waals surface area contributed by atoms with Gasteiger partial charge >= 0.3 is 0 Å². The zero-order valence-electron chi connectivity index (χ0n) is 11.9. The van der Waals surface area contributed by atoms with E-state index in [1.165, 1.54) is 0 Å². The van der Waals surface area contributed by atoms with Gasteiger partial charge in [0.25, 0.3) is 5.91 Å². The van der Waals surface area contributed by atoms with Gasteiger partial charge in [0, 0.05) is 17.6 Å². The molecule has 1 heterocycles. The molecule has 1 aromatic carbocycles. The van der Waals surface area contributed by atoms with Gasteiger partial charge < -0.3 is 20.8 Å². The molecule has 0 bridgehead atoms. The molecule has 106 valence electrons. The number of rotatable bonds is 4. The van der Waals surface area contributed by atoms with Crippen LogP contribution in [0.3, 0.4) is 0 Å². The molecule has 0 aliphatic rings. The number of hydrogen-bond donors (Lipinski definition) is 3. The number of benzene rings is 1. The van der Waals surface area contributed by atoms with E-state index < -0.39 is 0 Å². The van der Waals surface area contributed by atoms with Gasteiger partial charge in [-0.25, -0.2) is 0 Å². The van der Waals surface area contributed by atoms with E-state index in [0.29, 0.717) is 11.4 Å². The van der Waals surface area contributed by atoms with Gasteiger partial charge in [-0.1, -0.05) is 0 Å². The second kappa shape index (κ2) is 5.69. The Labute approximate surface area is 118 Å². The lowest BCUT2D eigenvalue weighted by Crippen LogP contribution is -2.13. The number of nitrogens with two attached hydrogens (primary N) is 1. The van der Waals surface area contributed by atoms with Gasteiger partial charge in [-0.3, -0.25) is 4.79 Å². The quantitative estimate of drug-likeness (QED) is 0.801. The fourth-order valence-electron chi connectivity index (χ4n) is 1.85. The number of nitrogen functional groups attached to an aromatic ring is 1. The summed E-state index contributed by atoms with van der Waals surface area (Å²) in [7, 11) is 0. The van der Waals surface area contributed by atoms with E-state index in [-0.39, 0.29) is 12.0 Å². The van der Waals surface area contributed by atoms with Crippen LogP contribution in [-0.4, -0.2) is 17.0 Å². The Morgan fingerprint density at radius 1 is 1.35 bits per heavy atom. The van der Waals surface area contributed by atoms with Crippen molar-refractivity contribution in [3.63, 3.8) is 0 Å². The minimum atomic E-state index is -0.220. The van der Waals surface area contributed by atoms with E-state index in [9.17, 15) is 4.79 Å². The number of amides is 1. The number of H-pyrrole nitrogens is 1. The maximum Gasteiger partial charge on any atom is 0.272 e. The largest absolute Gasteiger partial charge is 0.491 e. The summed E-state index contributed by atoms with van der Waals surface area (Å²) >= 11 is 0. The zero-order valence-corrected chi connectivity index (χ0v) is 11.9. The summed E-state index contributed by atoms with van der Waals surface area (Å²) in [6.07, 6.45) is 1.71. The van der Waals surface area contributed by atoms with E-state index in [4.69, 9.17) is 10.5 Å². The number of ether oxygens (including phenoxy) is 1. The first-order chi connectivity index (χ1) is 9.45. The molecule has 0 radical (unpaired) electrons. The number of aromatic amines is 1. The summed E-state index contributed by atoms with van der Waals surface area (Å²) in [5.74, 6) is 0.571. The van der Waals surface area contributed by atoms with Crippen LogP contribution in [0.5, 0.6) is 5.75 Å². The molecule has 5 nitrogen and oxygen atoms in total. The predicted molar refractivity (Wildman–Crippen MR) is 80.1 cm³/mol. The Hall–Kier alpha value is -2.43. The average molecular weight is 273 g/mol. The molecule has 0 aliphatic heterocycles. The maximum atomic E-state index is 12.0. The molecule has 0 saturated carbocycles. The number of aromatic nitrogens is 1. The highest BCUT2D eigenvalue weighted by molar-refractivity contribution is 6.03.